The summed E-state index contributed by atoms with van der Waals surface area (Å²) in [5, 5.41) is 14.2. The van der Waals surface area contributed by atoms with Gasteiger partial charge in [0.1, 0.15) is 0 Å². The fourth-order valence-electron chi connectivity index (χ4n) is 8.99. The Morgan fingerprint density at radius 1 is 1.11 bits per heavy atom. The second kappa shape index (κ2) is 7.06. The van der Waals surface area contributed by atoms with E-state index in [1.807, 2.05) is 0 Å². The summed E-state index contributed by atoms with van der Waals surface area (Å²) in [6.45, 7) is 2.12. The predicted octanol–water partition coefficient (Wildman–Crippen LogP) is 4.82. The molecule has 5 heteroatoms. The number of rotatable bonds is 3. The maximum Gasteiger partial charge on any atom is 0.166 e. The Morgan fingerprint density at radius 3 is 2.84 bits per heavy atom. The van der Waals surface area contributed by atoms with E-state index in [0.717, 1.165) is 67.4 Å². The Hall–Kier alpha value is -2.63. The number of hydrogen-bond donors (Lipinski definition) is 1. The van der Waals surface area contributed by atoms with Gasteiger partial charge in [-0.15, -0.1) is 0 Å². The van der Waals surface area contributed by atoms with Gasteiger partial charge in [0.15, 0.2) is 17.6 Å². The van der Waals surface area contributed by atoms with Gasteiger partial charge in [0.2, 0.25) is 0 Å². The molecule has 1 spiro atoms. The molecule has 6 aliphatic rings. The van der Waals surface area contributed by atoms with Crippen LogP contribution in [0.5, 0.6) is 11.5 Å². The number of piperidine rings is 1. The molecule has 0 amide bonds. The topological polar surface area (TPSA) is 54.8 Å². The number of benzene rings is 2. The van der Waals surface area contributed by atoms with Crippen LogP contribution in [-0.4, -0.2) is 46.8 Å². The highest BCUT2D eigenvalue weighted by Gasteiger charge is 2.72. The first-order chi connectivity index (χ1) is 18.1. The molecule has 1 saturated carbocycles. The lowest BCUT2D eigenvalue weighted by Crippen LogP contribution is -2.74. The molecule has 2 fully saturated rings. The molecule has 190 valence electrons. The highest BCUT2D eigenvalue weighted by atomic mass is 16.5. The van der Waals surface area contributed by atoms with Crippen LogP contribution < -0.4 is 9.47 Å². The molecule has 4 atom stereocenters. The first-order valence-electron chi connectivity index (χ1n) is 14.4. The quantitative estimate of drug-likeness (QED) is 0.566. The monoisotopic (exact) mass is 494 g/mol. The number of methoxy groups -OCH3 is 1. The standard InChI is InChI=1S/C32H34N2O3/c1-36-24-11-10-20-15-25-32(35)16-22-14-21-9-8-19-4-2-3-5-23(19)27(21)33-28(22)30-31(32,26(20)29(24)37-30)12-13-34(25)17-18-6-7-18/h8-11,14,18,25,30,35H,2-7,12-13,15-17H2,1H3/t25-,30?,31-,32?/m0/s1. The Labute approximate surface area is 217 Å². The first-order valence-corrected chi connectivity index (χ1v) is 14.4. The molecule has 2 bridgehead atoms. The zero-order valence-corrected chi connectivity index (χ0v) is 21.6. The lowest BCUT2D eigenvalue weighted by molar-refractivity contribution is -0.173. The molecular weight excluding hydrogens is 460 g/mol. The van der Waals surface area contributed by atoms with Gasteiger partial charge in [-0.1, -0.05) is 18.2 Å². The highest BCUT2D eigenvalue weighted by Crippen LogP contribution is 2.68. The number of fused-ring (bicyclic) bond motifs is 5. The summed E-state index contributed by atoms with van der Waals surface area (Å²) in [5.41, 5.74) is 7.45. The normalized spacial score (nSPS) is 32.9. The maximum absolute atomic E-state index is 13.0. The fraction of sp³-hybridized carbons (Fsp3) is 0.531. The van der Waals surface area contributed by atoms with E-state index < -0.39 is 11.0 Å². The van der Waals surface area contributed by atoms with Crippen LogP contribution in [0.1, 0.15) is 71.7 Å². The number of ether oxygens (including phenoxy) is 2. The molecule has 37 heavy (non-hydrogen) atoms. The van der Waals surface area contributed by atoms with Crippen LogP contribution >= 0.6 is 0 Å². The van der Waals surface area contributed by atoms with Crippen molar-refractivity contribution in [2.45, 2.75) is 80.9 Å². The van der Waals surface area contributed by atoms with Crippen LogP contribution in [0.15, 0.2) is 30.3 Å². The van der Waals surface area contributed by atoms with Crippen LogP contribution in [0.4, 0.5) is 0 Å². The van der Waals surface area contributed by atoms with Crippen molar-refractivity contribution < 1.29 is 14.6 Å². The lowest BCUT2D eigenvalue weighted by atomic mass is 9.49. The fourth-order valence-corrected chi connectivity index (χ4v) is 8.99. The summed E-state index contributed by atoms with van der Waals surface area (Å²) in [4.78, 5) is 8.08. The van der Waals surface area contributed by atoms with E-state index in [9.17, 15) is 5.11 Å². The first kappa shape index (κ1) is 21.3. The van der Waals surface area contributed by atoms with Gasteiger partial charge in [-0.3, -0.25) is 4.90 Å². The molecule has 3 aromatic rings. The maximum atomic E-state index is 13.0. The van der Waals surface area contributed by atoms with E-state index in [2.05, 4.69) is 35.2 Å². The highest BCUT2D eigenvalue weighted by molar-refractivity contribution is 5.85. The molecule has 9 rings (SSSR count). The molecule has 2 aromatic carbocycles. The minimum atomic E-state index is -0.883. The van der Waals surface area contributed by atoms with Crippen molar-refractivity contribution in [3.05, 3.63) is 63.8 Å². The Morgan fingerprint density at radius 2 is 1.97 bits per heavy atom. The number of aromatic nitrogens is 1. The van der Waals surface area contributed by atoms with E-state index in [0.29, 0.717) is 6.42 Å². The van der Waals surface area contributed by atoms with E-state index in [4.69, 9.17) is 14.5 Å². The predicted molar refractivity (Wildman–Crippen MR) is 141 cm³/mol. The smallest absolute Gasteiger partial charge is 0.166 e. The molecule has 0 radical (unpaired) electrons. The summed E-state index contributed by atoms with van der Waals surface area (Å²) in [5.74, 6) is 2.43. The molecule has 1 saturated heterocycles. The van der Waals surface area contributed by atoms with Crippen molar-refractivity contribution in [1.29, 1.82) is 0 Å². The molecule has 4 aliphatic carbocycles. The number of nitrogens with zero attached hydrogens (tertiary/aromatic N) is 2. The Kier molecular flexibility index (Phi) is 4.07. The van der Waals surface area contributed by atoms with Gasteiger partial charge in [0, 0.05) is 30.0 Å². The average molecular weight is 495 g/mol. The number of pyridine rings is 1. The van der Waals surface area contributed by atoms with E-state index in [1.165, 1.54) is 58.9 Å². The minimum Gasteiger partial charge on any atom is -0.493 e. The van der Waals surface area contributed by atoms with Crippen molar-refractivity contribution >= 4 is 10.9 Å². The second-order valence-corrected chi connectivity index (χ2v) is 12.6. The Bertz CT molecular complexity index is 1500. The summed E-state index contributed by atoms with van der Waals surface area (Å²) >= 11 is 0. The SMILES string of the molecule is COc1ccc2c3c1OC1c4nc5c6c(ccc5cc4CC4(O)[C@H](C2)N(CC2CC2)CC[C@]314)CCCC6. The van der Waals surface area contributed by atoms with Gasteiger partial charge in [0.25, 0.3) is 0 Å². The van der Waals surface area contributed by atoms with Crippen LogP contribution in [0.3, 0.4) is 0 Å². The molecule has 2 unspecified atom stereocenters. The molecular formula is C32H34N2O3. The second-order valence-electron chi connectivity index (χ2n) is 12.6. The third-order valence-corrected chi connectivity index (χ3v) is 10.9. The zero-order valence-electron chi connectivity index (χ0n) is 21.6. The number of aliphatic hydroxyl groups is 1. The van der Waals surface area contributed by atoms with Crippen molar-refractivity contribution in [2.24, 2.45) is 5.92 Å². The number of hydrogen-bond acceptors (Lipinski definition) is 5. The molecule has 5 nitrogen and oxygen atoms in total. The number of aryl methyl sites for hydroxylation is 2. The van der Waals surface area contributed by atoms with Crippen LogP contribution in [0, 0.1) is 5.92 Å². The lowest BCUT2D eigenvalue weighted by Gasteiger charge is -2.63. The molecule has 3 heterocycles. The van der Waals surface area contributed by atoms with Crippen molar-refractivity contribution in [3.63, 3.8) is 0 Å². The third-order valence-electron chi connectivity index (χ3n) is 10.9. The van der Waals surface area contributed by atoms with E-state index >= 15 is 0 Å². The van der Waals surface area contributed by atoms with E-state index in [-0.39, 0.29) is 12.1 Å². The average Bonchev–Trinajstić information content (AvgIpc) is 3.66. The van der Waals surface area contributed by atoms with Crippen LogP contribution in [0.25, 0.3) is 10.9 Å². The van der Waals surface area contributed by atoms with Gasteiger partial charge in [-0.2, -0.15) is 0 Å². The zero-order chi connectivity index (χ0) is 24.5. The summed E-state index contributed by atoms with van der Waals surface area (Å²) in [6, 6.07) is 11.3. The Balaban J connectivity index is 1.30. The van der Waals surface area contributed by atoms with Crippen molar-refractivity contribution in [1.82, 2.24) is 9.88 Å². The summed E-state index contributed by atoms with van der Waals surface area (Å²) in [6.07, 6.45) is 9.56. The van der Waals surface area contributed by atoms with Gasteiger partial charge in [0.05, 0.1) is 29.3 Å². The largest absolute Gasteiger partial charge is 0.493 e. The van der Waals surface area contributed by atoms with Crippen molar-refractivity contribution in [2.75, 3.05) is 20.2 Å². The minimum absolute atomic E-state index is 0.104. The summed E-state index contributed by atoms with van der Waals surface area (Å²) < 4.78 is 12.8. The van der Waals surface area contributed by atoms with Gasteiger partial charge >= 0.3 is 0 Å². The van der Waals surface area contributed by atoms with Gasteiger partial charge in [-0.25, -0.2) is 4.98 Å². The molecule has 1 aromatic heterocycles. The molecule has 2 aliphatic heterocycles. The molecule has 1 N–H and O–H groups in total. The third kappa shape index (κ3) is 2.55. The van der Waals surface area contributed by atoms with Crippen molar-refractivity contribution in [3.8, 4) is 11.5 Å². The van der Waals surface area contributed by atoms with Gasteiger partial charge in [-0.05, 0) is 98.2 Å². The van der Waals surface area contributed by atoms with Gasteiger partial charge < -0.3 is 14.6 Å². The van der Waals surface area contributed by atoms with E-state index in [1.54, 1.807) is 7.11 Å². The summed E-state index contributed by atoms with van der Waals surface area (Å²) in [7, 11) is 1.73. The number of likely N-dealkylation sites (tertiary alicyclic amines) is 1. The van der Waals surface area contributed by atoms with Crippen LogP contribution in [-0.2, 0) is 31.1 Å². The van der Waals surface area contributed by atoms with Crippen LogP contribution in [0.2, 0.25) is 0 Å².